The van der Waals surface area contributed by atoms with Crippen LogP contribution in [0.3, 0.4) is 0 Å². The standard InChI is InChI=1S/C22H17Cl2F3N2O4S/c23-18-3-1-2-15(20(18)24)10-11-29(34(31)32)17-7-5-16(6-8-17)21(30)33-13-14-4-9-19(28-12-14)22(25,26)27/h1-9,12H,10-11,13H2,(H,31,32)/p-1. The summed E-state index contributed by atoms with van der Waals surface area (Å²) in [6.45, 7) is -0.191. The molecule has 1 aromatic heterocycles. The molecule has 12 heteroatoms. The van der Waals surface area contributed by atoms with Gasteiger partial charge >= 0.3 is 12.1 Å². The lowest BCUT2D eigenvalue weighted by molar-refractivity contribution is -0.141. The highest BCUT2D eigenvalue weighted by Crippen LogP contribution is 2.28. The van der Waals surface area contributed by atoms with E-state index in [9.17, 15) is 26.7 Å². The Kier molecular flexibility index (Phi) is 8.53. The molecule has 0 radical (unpaired) electrons. The minimum Gasteiger partial charge on any atom is -0.755 e. The minimum absolute atomic E-state index is 0.0842. The number of rotatable bonds is 8. The third-order valence-corrected chi connectivity index (χ3v) is 6.28. The van der Waals surface area contributed by atoms with E-state index in [1.165, 1.54) is 30.3 Å². The number of pyridine rings is 1. The number of halogens is 5. The van der Waals surface area contributed by atoms with E-state index >= 15 is 0 Å². The van der Waals surface area contributed by atoms with Crippen molar-refractivity contribution in [1.29, 1.82) is 0 Å². The lowest BCUT2D eigenvalue weighted by atomic mass is 10.1. The molecule has 0 N–H and O–H groups in total. The average molecular weight is 532 g/mol. The normalized spacial score (nSPS) is 12.3. The van der Waals surface area contributed by atoms with Gasteiger partial charge < -0.3 is 13.6 Å². The molecule has 0 amide bonds. The van der Waals surface area contributed by atoms with Gasteiger partial charge in [-0.15, -0.1) is 0 Å². The summed E-state index contributed by atoms with van der Waals surface area (Å²) >= 11 is 9.55. The third-order valence-electron chi connectivity index (χ3n) is 4.67. The van der Waals surface area contributed by atoms with Crippen molar-refractivity contribution in [3.05, 3.63) is 93.2 Å². The SMILES string of the molecule is O=C(OCc1ccc(C(F)(F)F)nc1)c1ccc(N(CCc2cccc(Cl)c2Cl)S(=O)[O-])cc1. The minimum atomic E-state index is -4.56. The Hall–Kier alpha value is -2.66. The highest BCUT2D eigenvalue weighted by Gasteiger charge is 2.32. The first-order valence-electron chi connectivity index (χ1n) is 9.65. The third kappa shape index (κ3) is 6.69. The Balaban J connectivity index is 1.62. The molecule has 0 aliphatic carbocycles. The van der Waals surface area contributed by atoms with Crippen LogP contribution in [0.4, 0.5) is 18.9 Å². The summed E-state index contributed by atoms with van der Waals surface area (Å²) in [7, 11) is 0. The Morgan fingerprint density at radius 1 is 1.09 bits per heavy atom. The molecule has 0 aliphatic heterocycles. The summed E-state index contributed by atoms with van der Waals surface area (Å²) in [6, 6.07) is 12.7. The molecule has 3 aromatic rings. The molecule has 2 aromatic carbocycles. The van der Waals surface area contributed by atoms with Crippen LogP contribution in [-0.4, -0.2) is 26.3 Å². The summed E-state index contributed by atoms with van der Waals surface area (Å²) in [5.41, 5.74) is 0.373. The van der Waals surface area contributed by atoms with Gasteiger partial charge in [0.1, 0.15) is 12.3 Å². The second-order valence-electron chi connectivity index (χ2n) is 6.95. The second kappa shape index (κ2) is 11.2. The number of carbonyl (C=O) groups excluding carboxylic acids is 1. The largest absolute Gasteiger partial charge is 0.755 e. The number of hydrogen-bond acceptors (Lipinski definition) is 5. The Morgan fingerprint density at radius 2 is 1.79 bits per heavy atom. The van der Waals surface area contributed by atoms with Crippen molar-refractivity contribution < 1.29 is 31.5 Å². The van der Waals surface area contributed by atoms with E-state index in [2.05, 4.69) is 4.98 Å². The highest BCUT2D eigenvalue weighted by molar-refractivity contribution is 7.80. The average Bonchev–Trinajstić information content (AvgIpc) is 2.80. The van der Waals surface area contributed by atoms with Crippen LogP contribution in [0.2, 0.25) is 10.0 Å². The summed E-state index contributed by atoms with van der Waals surface area (Å²) in [5, 5.41) is 0.714. The predicted octanol–water partition coefficient (Wildman–Crippen LogP) is 5.61. The van der Waals surface area contributed by atoms with Crippen molar-refractivity contribution in [3.8, 4) is 0 Å². The molecule has 0 saturated heterocycles. The number of hydrogen-bond donors (Lipinski definition) is 0. The van der Waals surface area contributed by atoms with Crippen LogP contribution in [-0.2, 0) is 35.2 Å². The summed E-state index contributed by atoms with van der Waals surface area (Å²) in [5.74, 6) is -0.730. The molecule has 0 fully saturated rings. The van der Waals surface area contributed by atoms with Crippen LogP contribution >= 0.6 is 23.2 Å². The Morgan fingerprint density at radius 3 is 2.38 bits per heavy atom. The number of alkyl halides is 3. The van der Waals surface area contributed by atoms with Gasteiger partial charge in [-0.2, -0.15) is 13.2 Å². The number of aromatic nitrogens is 1. The van der Waals surface area contributed by atoms with Gasteiger partial charge in [0.15, 0.2) is 0 Å². The van der Waals surface area contributed by atoms with Crippen LogP contribution in [0.1, 0.15) is 27.2 Å². The number of ether oxygens (including phenoxy) is 1. The second-order valence-corrected chi connectivity index (χ2v) is 8.61. The number of nitrogens with zero attached hydrogens (tertiary/aromatic N) is 2. The molecule has 0 spiro atoms. The molecule has 1 atom stereocenters. The van der Waals surface area contributed by atoms with E-state index in [0.717, 1.165) is 16.6 Å². The maximum absolute atomic E-state index is 12.6. The molecule has 1 unspecified atom stereocenters. The number of benzene rings is 2. The molecule has 180 valence electrons. The fourth-order valence-electron chi connectivity index (χ4n) is 2.93. The van der Waals surface area contributed by atoms with Crippen molar-refractivity contribution in [1.82, 2.24) is 4.98 Å². The van der Waals surface area contributed by atoms with Gasteiger partial charge in [-0.05, 0) is 48.4 Å². The maximum atomic E-state index is 12.6. The van der Waals surface area contributed by atoms with Gasteiger partial charge in [0.25, 0.3) is 0 Å². The van der Waals surface area contributed by atoms with Crippen LogP contribution in [0.15, 0.2) is 60.8 Å². The van der Waals surface area contributed by atoms with Crippen LogP contribution in [0.25, 0.3) is 0 Å². The number of anilines is 1. The zero-order valence-corrected chi connectivity index (χ0v) is 19.5. The van der Waals surface area contributed by atoms with E-state index < -0.39 is 29.1 Å². The number of carbonyl (C=O) groups is 1. The van der Waals surface area contributed by atoms with Crippen molar-refractivity contribution in [2.45, 2.75) is 19.2 Å². The molecule has 6 nitrogen and oxygen atoms in total. The van der Waals surface area contributed by atoms with Crippen molar-refractivity contribution in [2.24, 2.45) is 0 Å². The molecule has 0 bridgehead atoms. The smallest absolute Gasteiger partial charge is 0.433 e. The van der Waals surface area contributed by atoms with Gasteiger partial charge in [0.05, 0.1) is 15.6 Å². The monoisotopic (exact) mass is 531 g/mol. The van der Waals surface area contributed by atoms with Crippen LogP contribution in [0.5, 0.6) is 0 Å². The first-order chi connectivity index (χ1) is 16.1. The summed E-state index contributed by atoms with van der Waals surface area (Å²) in [4.78, 5) is 15.6. The maximum Gasteiger partial charge on any atom is 0.433 e. The first-order valence-corrected chi connectivity index (χ1v) is 11.4. The molecule has 3 rings (SSSR count). The molecule has 34 heavy (non-hydrogen) atoms. The van der Waals surface area contributed by atoms with Gasteiger partial charge in [0, 0.05) is 35.3 Å². The molecule has 1 heterocycles. The van der Waals surface area contributed by atoms with E-state index in [-0.39, 0.29) is 24.3 Å². The summed E-state index contributed by atoms with van der Waals surface area (Å²) < 4.78 is 67.3. The van der Waals surface area contributed by atoms with Gasteiger partial charge in [-0.1, -0.05) is 41.4 Å². The van der Waals surface area contributed by atoms with Gasteiger partial charge in [0.2, 0.25) is 0 Å². The lowest BCUT2D eigenvalue weighted by Gasteiger charge is -2.26. The van der Waals surface area contributed by atoms with E-state index in [1.807, 2.05) is 0 Å². The topological polar surface area (TPSA) is 82.6 Å². The van der Waals surface area contributed by atoms with E-state index in [0.29, 0.717) is 27.7 Å². The summed E-state index contributed by atoms with van der Waals surface area (Å²) in [6.07, 6.45) is -3.27. The molecule has 0 saturated carbocycles. The van der Waals surface area contributed by atoms with Gasteiger partial charge in [-0.3, -0.25) is 9.19 Å². The zero-order valence-electron chi connectivity index (χ0n) is 17.2. The Bertz CT molecular complexity index is 1180. The fourth-order valence-corrected chi connectivity index (χ4v) is 3.88. The van der Waals surface area contributed by atoms with Crippen molar-refractivity contribution >= 4 is 46.1 Å². The number of esters is 1. The van der Waals surface area contributed by atoms with Gasteiger partial charge in [-0.25, -0.2) is 4.79 Å². The molecular weight excluding hydrogens is 516 g/mol. The lowest BCUT2D eigenvalue weighted by Crippen LogP contribution is -2.28. The van der Waals surface area contributed by atoms with Crippen LogP contribution < -0.4 is 4.31 Å². The van der Waals surface area contributed by atoms with Crippen molar-refractivity contribution in [2.75, 3.05) is 10.8 Å². The predicted molar refractivity (Wildman–Crippen MR) is 121 cm³/mol. The van der Waals surface area contributed by atoms with E-state index in [1.54, 1.807) is 18.2 Å². The molecule has 0 aliphatic rings. The Labute approximate surface area is 205 Å². The molecular formula is C22H16Cl2F3N2O4S-. The quantitative estimate of drug-likeness (QED) is 0.278. The van der Waals surface area contributed by atoms with Crippen LogP contribution in [0, 0.1) is 0 Å². The highest BCUT2D eigenvalue weighted by atomic mass is 35.5. The zero-order chi connectivity index (χ0) is 24.9. The fraction of sp³-hybridized carbons (Fsp3) is 0.182. The first kappa shape index (κ1) is 26.0. The van der Waals surface area contributed by atoms with E-state index in [4.69, 9.17) is 27.9 Å². The van der Waals surface area contributed by atoms with Crippen molar-refractivity contribution in [3.63, 3.8) is 0 Å².